The number of nitrogens with zero attached hydrogens (tertiary/aromatic N) is 2. The molecule has 1 amide bonds. The lowest BCUT2D eigenvalue weighted by Crippen LogP contribution is -2.13. The molecule has 1 unspecified atom stereocenters. The van der Waals surface area contributed by atoms with Crippen LogP contribution in [0.4, 0.5) is 0 Å². The van der Waals surface area contributed by atoms with Crippen molar-refractivity contribution < 1.29 is 4.79 Å². The zero-order valence-electron chi connectivity index (χ0n) is 13.9. The van der Waals surface area contributed by atoms with Crippen LogP contribution < -0.4 is 5.73 Å². The SMILES string of the molecule is CC1CC(c2ccccc2)=CC=C1c1cc(C(N)=O)c2nn[nH]c2c1. The lowest BCUT2D eigenvalue weighted by Gasteiger charge is -2.22. The van der Waals surface area contributed by atoms with Gasteiger partial charge in [-0.1, -0.05) is 54.6 Å². The summed E-state index contributed by atoms with van der Waals surface area (Å²) in [6, 6.07) is 14.2. The first-order valence-corrected chi connectivity index (χ1v) is 8.24. The van der Waals surface area contributed by atoms with Gasteiger partial charge in [-0.3, -0.25) is 9.89 Å². The van der Waals surface area contributed by atoms with Gasteiger partial charge in [0, 0.05) is 0 Å². The zero-order valence-corrected chi connectivity index (χ0v) is 13.9. The molecule has 4 rings (SSSR count). The number of nitrogens with one attached hydrogen (secondary N) is 1. The van der Waals surface area contributed by atoms with E-state index in [0.29, 0.717) is 17.0 Å². The number of allylic oxidation sites excluding steroid dienone is 4. The van der Waals surface area contributed by atoms with E-state index in [1.165, 1.54) is 16.7 Å². The van der Waals surface area contributed by atoms with E-state index in [0.717, 1.165) is 17.5 Å². The van der Waals surface area contributed by atoms with Gasteiger partial charge in [0.15, 0.2) is 0 Å². The fourth-order valence-electron chi connectivity index (χ4n) is 3.42. The second-order valence-electron chi connectivity index (χ2n) is 6.38. The molecule has 0 fully saturated rings. The summed E-state index contributed by atoms with van der Waals surface area (Å²) in [6.07, 6.45) is 5.23. The second kappa shape index (κ2) is 6.02. The summed E-state index contributed by atoms with van der Waals surface area (Å²) in [4.78, 5) is 11.8. The Labute approximate surface area is 145 Å². The third-order valence-corrected chi connectivity index (χ3v) is 4.69. The molecule has 0 saturated carbocycles. The Hall–Kier alpha value is -3.21. The minimum absolute atomic E-state index is 0.328. The number of carbonyl (C=O) groups excluding carboxylic acids is 1. The summed E-state index contributed by atoms with van der Waals surface area (Å²) < 4.78 is 0. The minimum Gasteiger partial charge on any atom is -0.366 e. The molecule has 5 nitrogen and oxygen atoms in total. The second-order valence-corrected chi connectivity index (χ2v) is 6.38. The number of hydrogen-bond acceptors (Lipinski definition) is 3. The molecule has 0 bridgehead atoms. The first kappa shape index (κ1) is 15.3. The predicted molar refractivity (Wildman–Crippen MR) is 98.6 cm³/mol. The summed E-state index contributed by atoms with van der Waals surface area (Å²) in [6.45, 7) is 2.20. The Morgan fingerprint density at radius 3 is 2.68 bits per heavy atom. The highest BCUT2D eigenvalue weighted by Gasteiger charge is 2.20. The third-order valence-electron chi connectivity index (χ3n) is 4.69. The third kappa shape index (κ3) is 2.74. The molecule has 124 valence electrons. The number of H-pyrrole nitrogens is 1. The number of amides is 1. The molecule has 0 radical (unpaired) electrons. The Morgan fingerprint density at radius 2 is 1.96 bits per heavy atom. The number of carbonyl (C=O) groups is 1. The topological polar surface area (TPSA) is 84.7 Å². The molecule has 0 aliphatic heterocycles. The molecule has 1 aliphatic carbocycles. The summed E-state index contributed by atoms with van der Waals surface area (Å²) in [7, 11) is 0. The van der Waals surface area contributed by atoms with Crippen molar-refractivity contribution in [3.63, 3.8) is 0 Å². The fraction of sp³-hybridized carbons (Fsp3) is 0.150. The summed E-state index contributed by atoms with van der Waals surface area (Å²) in [5, 5.41) is 10.6. The Kier molecular flexibility index (Phi) is 3.69. The molecule has 1 aliphatic rings. The molecule has 1 heterocycles. The monoisotopic (exact) mass is 330 g/mol. The van der Waals surface area contributed by atoms with Crippen molar-refractivity contribution in [1.82, 2.24) is 15.4 Å². The number of benzene rings is 2. The molecule has 0 saturated heterocycles. The quantitative estimate of drug-likeness (QED) is 0.770. The fourth-order valence-corrected chi connectivity index (χ4v) is 3.42. The van der Waals surface area contributed by atoms with Gasteiger partial charge >= 0.3 is 0 Å². The van der Waals surface area contributed by atoms with Gasteiger partial charge in [-0.15, -0.1) is 5.10 Å². The van der Waals surface area contributed by atoms with Gasteiger partial charge in [-0.2, -0.15) is 0 Å². The Balaban J connectivity index is 1.79. The molecule has 2 aromatic carbocycles. The number of aromatic amines is 1. The summed E-state index contributed by atoms with van der Waals surface area (Å²) >= 11 is 0. The van der Waals surface area contributed by atoms with E-state index in [4.69, 9.17) is 5.73 Å². The maximum absolute atomic E-state index is 11.8. The van der Waals surface area contributed by atoms with Gasteiger partial charge in [0.25, 0.3) is 5.91 Å². The van der Waals surface area contributed by atoms with Crippen molar-refractivity contribution in [2.45, 2.75) is 13.3 Å². The number of primary amides is 1. The van der Waals surface area contributed by atoms with Gasteiger partial charge < -0.3 is 5.73 Å². The van der Waals surface area contributed by atoms with E-state index in [1.807, 2.05) is 18.2 Å². The van der Waals surface area contributed by atoms with Crippen LogP contribution in [0.2, 0.25) is 0 Å². The minimum atomic E-state index is -0.495. The van der Waals surface area contributed by atoms with Crippen molar-refractivity contribution in [1.29, 1.82) is 0 Å². The first-order valence-electron chi connectivity index (χ1n) is 8.24. The Morgan fingerprint density at radius 1 is 1.16 bits per heavy atom. The van der Waals surface area contributed by atoms with Crippen LogP contribution >= 0.6 is 0 Å². The number of aromatic nitrogens is 3. The van der Waals surface area contributed by atoms with Crippen LogP contribution in [0.15, 0.2) is 54.6 Å². The Bertz CT molecular complexity index is 1010. The molecule has 3 aromatic rings. The van der Waals surface area contributed by atoms with E-state index in [9.17, 15) is 4.79 Å². The largest absolute Gasteiger partial charge is 0.366 e. The van der Waals surface area contributed by atoms with Crippen LogP contribution in [0.5, 0.6) is 0 Å². The standard InChI is InChI=1S/C20H18N4O/c1-12-9-14(13-5-3-2-4-6-13)7-8-16(12)15-10-17(20(21)25)19-18(11-15)22-24-23-19/h2-8,10-12H,9H2,1H3,(H2,21,25)(H,22,23,24). The number of fused-ring (bicyclic) bond motifs is 1. The normalized spacial score (nSPS) is 17.2. The predicted octanol–water partition coefficient (Wildman–Crippen LogP) is 3.56. The van der Waals surface area contributed by atoms with Crippen LogP contribution in [0.3, 0.4) is 0 Å². The maximum atomic E-state index is 11.8. The van der Waals surface area contributed by atoms with E-state index >= 15 is 0 Å². The van der Waals surface area contributed by atoms with Gasteiger partial charge in [-0.05, 0) is 46.7 Å². The van der Waals surface area contributed by atoms with E-state index < -0.39 is 5.91 Å². The van der Waals surface area contributed by atoms with Gasteiger partial charge in [0.05, 0.1) is 11.1 Å². The molecular weight excluding hydrogens is 312 g/mol. The maximum Gasteiger partial charge on any atom is 0.251 e. The van der Waals surface area contributed by atoms with Gasteiger partial charge in [0.2, 0.25) is 0 Å². The van der Waals surface area contributed by atoms with Crippen molar-refractivity contribution in [3.8, 4) is 0 Å². The molecule has 5 heteroatoms. The molecule has 1 aromatic heterocycles. The number of nitrogens with two attached hydrogens (primary N) is 1. The van der Waals surface area contributed by atoms with Crippen LogP contribution in [0.1, 0.15) is 34.8 Å². The smallest absolute Gasteiger partial charge is 0.251 e. The van der Waals surface area contributed by atoms with Crippen LogP contribution in [-0.4, -0.2) is 21.3 Å². The first-order chi connectivity index (χ1) is 12.1. The van der Waals surface area contributed by atoms with Crippen molar-refractivity contribution in [2.75, 3.05) is 0 Å². The average molecular weight is 330 g/mol. The molecular formula is C20H18N4O. The zero-order chi connectivity index (χ0) is 17.4. The summed E-state index contributed by atoms with van der Waals surface area (Å²) in [5.74, 6) is -0.167. The molecule has 1 atom stereocenters. The van der Waals surface area contributed by atoms with E-state index in [1.54, 1.807) is 0 Å². The summed E-state index contributed by atoms with van der Waals surface area (Å²) in [5.41, 5.74) is 11.9. The van der Waals surface area contributed by atoms with Crippen molar-refractivity contribution >= 4 is 28.1 Å². The van der Waals surface area contributed by atoms with Crippen LogP contribution in [0, 0.1) is 5.92 Å². The number of hydrogen-bond donors (Lipinski definition) is 2. The number of rotatable bonds is 3. The lowest BCUT2D eigenvalue weighted by atomic mass is 9.82. The molecule has 25 heavy (non-hydrogen) atoms. The van der Waals surface area contributed by atoms with Gasteiger partial charge in [-0.25, -0.2) is 0 Å². The van der Waals surface area contributed by atoms with Crippen molar-refractivity contribution in [3.05, 3.63) is 71.3 Å². The highest BCUT2D eigenvalue weighted by atomic mass is 16.1. The molecule has 0 spiro atoms. The van der Waals surface area contributed by atoms with Crippen LogP contribution in [-0.2, 0) is 0 Å². The average Bonchev–Trinajstić information content (AvgIpc) is 3.10. The van der Waals surface area contributed by atoms with E-state index in [2.05, 4.69) is 58.8 Å². The van der Waals surface area contributed by atoms with Gasteiger partial charge in [0.1, 0.15) is 5.52 Å². The van der Waals surface area contributed by atoms with Crippen molar-refractivity contribution in [2.24, 2.45) is 11.7 Å². The van der Waals surface area contributed by atoms with Crippen LogP contribution in [0.25, 0.3) is 22.2 Å². The highest BCUT2D eigenvalue weighted by Crippen LogP contribution is 2.37. The highest BCUT2D eigenvalue weighted by molar-refractivity contribution is 6.05. The lowest BCUT2D eigenvalue weighted by molar-refractivity contribution is 0.100. The molecule has 3 N–H and O–H groups in total. The van der Waals surface area contributed by atoms with E-state index in [-0.39, 0.29) is 0 Å².